The Morgan fingerprint density at radius 1 is 1.24 bits per heavy atom. The Labute approximate surface area is 189 Å². The van der Waals surface area contributed by atoms with Crippen molar-refractivity contribution < 1.29 is 13.9 Å². The van der Waals surface area contributed by atoms with Crippen molar-refractivity contribution in [2.24, 2.45) is 4.99 Å². The zero-order valence-corrected chi connectivity index (χ0v) is 20.0. The molecule has 0 fully saturated rings. The first kappa shape index (κ1) is 25.2. The molecule has 0 bridgehead atoms. The average molecular weight is 519 g/mol. The summed E-state index contributed by atoms with van der Waals surface area (Å²) in [5, 5.41) is 11.1. The summed E-state index contributed by atoms with van der Waals surface area (Å²) in [6, 6.07) is 6.00. The van der Waals surface area contributed by atoms with E-state index in [1.165, 1.54) is 12.1 Å². The number of nitrogens with one attached hydrogen (secondary N) is 2. The lowest BCUT2D eigenvalue weighted by Crippen LogP contribution is -2.41. The van der Waals surface area contributed by atoms with Crippen LogP contribution in [0.25, 0.3) is 0 Å². The van der Waals surface area contributed by atoms with Crippen LogP contribution in [0.4, 0.5) is 4.39 Å². The van der Waals surface area contributed by atoms with E-state index in [0.717, 1.165) is 23.5 Å². The highest BCUT2D eigenvalue weighted by Gasteiger charge is 2.12. The van der Waals surface area contributed by atoms with Gasteiger partial charge < -0.3 is 20.1 Å². The van der Waals surface area contributed by atoms with Crippen LogP contribution in [0.15, 0.2) is 29.3 Å². The number of rotatable bonds is 9. The Hall–Kier alpha value is -1.88. The minimum Gasteiger partial charge on any atom is -0.489 e. The molecule has 0 saturated carbocycles. The van der Waals surface area contributed by atoms with Gasteiger partial charge in [0.1, 0.15) is 17.7 Å². The standard InChI is InChI=1S/C20H30FN5O2.HI/c1-14(28-18-8-6-17(21)7-9-18)12-23-20(22-4)24-13-19-15(2)25-26(16(19)3)10-11-27-5;/h6-9,14H,10-13H2,1-5H3,(H2,22,23,24);1H. The molecule has 7 nitrogen and oxygen atoms in total. The molecule has 0 spiro atoms. The number of ether oxygens (including phenoxy) is 2. The maximum atomic E-state index is 13.0. The number of benzene rings is 1. The summed E-state index contributed by atoms with van der Waals surface area (Å²) in [4.78, 5) is 4.25. The topological polar surface area (TPSA) is 72.7 Å². The number of guanidine groups is 1. The minimum atomic E-state index is -0.279. The second-order valence-corrected chi connectivity index (χ2v) is 6.55. The molecule has 1 aromatic carbocycles. The summed E-state index contributed by atoms with van der Waals surface area (Å²) in [7, 11) is 3.41. The number of nitrogens with zero attached hydrogens (tertiary/aromatic N) is 3. The minimum absolute atomic E-state index is 0. The Morgan fingerprint density at radius 3 is 2.55 bits per heavy atom. The molecule has 9 heteroatoms. The van der Waals surface area contributed by atoms with Crippen LogP contribution < -0.4 is 15.4 Å². The number of aromatic nitrogens is 2. The van der Waals surface area contributed by atoms with Gasteiger partial charge in [0, 0.05) is 32.0 Å². The van der Waals surface area contributed by atoms with Crippen molar-refractivity contribution in [2.75, 3.05) is 27.3 Å². The molecular formula is C20H31FIN5O2. The van der Waals surface area contributed by atoms with Gasteiger partial charge in [-0.15, -0.1) is 24.0 Å². The van der Waals surface area contributed by atoms with Gasteiger partial charge in [0.15, 0.2) is 5.96 Å². The van der Waals surface area contributed by atoms with Crippen LogP contribution in [0.5, 0.6) is 5.75 Å². The van der Waals surface area contributed by atoms with Crippen LogP contribution >= 0.6 is 24.0 Å². The SMILES string of the molecule is CN=C(NCc1c(C)nn(CCOC)c1C)NCC(C)Oc1ccc(F)cc1.I. The summed E-state index contributed by atoms with van der Waals surface area (Å²) in [5.74, 6) is 1.03. The van der Waals surface area contributed by atoms with Gasteiger partial charge in [-0.2, -0.15) is 5.10 Å². The number of hydrogen-bond acceptors (Lipinski definition) is 4. The van der Waals surface area contributed by atoms with Crippen molar-refractivity contribution in [1.82, 2.24) is 20.4 Å². The number of hydrogen-bond donors (Lipinski definition) is 2. The van der Waals surface area contributed by atoms with Crippen LogP contribution in [-0.2, 0) is 17.8 Å². The third-order valence-corrected chi connectivity index (χ3v) is 4.40. The van der Waals surface area contributed by atoms with E-state index in [-0.39, 0.29) is 35.9 Å². The molecule has 1 heterocycles. The molecule has 1 aromatic heterocycles. The normalized spacial score (nSPS) is 12.3. The highest BCUT2D eigenvalue weighted by Crippen LogP contribution is 2.13. The number of methoxy groups -OCH3 is 1. The predicted octanol–water partition coefficient (Wildman–Crippen LogP) is 3.04. The lowest BCUT2D eigenvalue weighted by Gasteiger charge is -2.18. The molecule has 29 heavy (non-hydrogen) atoms. The third kappa shape index (κ3) is 7.81. The molecule has 2 N–H and O–H groups in total. The van der Waals surface area contributed by atoms with Crippen LogP contribution in [-0.4, -0.2) is 49.2 Å². The molecule has 0 saturated heterocycles. The fourth-order valence-corrected chi connectivity index (χ4v) is 2.81. The monoisotopic (exact) mass is 519 g/mol. The number of halogens is 2. The van der Waals surface area contributed by atoms with Gasteiger partial charge in [0.2, 0.25) is 0 Å². The second-order valence-electron chi connectivity index (χ2n) is 6.55. The third-order valence-electron chi connectivity index (χ3n) is 4.40. The molecular weight excluding hydrogens is 488 g/mol. The van der Waals surface area contributed by atoms with Gasteiger partial charge >= 0.3 is 0 Å². The molecule has 0 aliphatic rings. The van der Waals surface area contributed by atoms with Crippen molar-refractivity contribution >= 4 is 29.9 Å². The lowest BCUT2D eigenvalue weighted by atomic mass is 10.2. The zero-order chi connectivity index (χ0) is 20.5. The van der Waals surface area contributed by atoms with Gasteiger partial charge in [-0.25, -0.2) is 4.39 Å². The van der Waals surface area contributed by atoms with Crippen LogP contribution in [0.3, 0.4) is 0 Å². The van der Waals surface area contributed by atoms with E-state index < -0.39 is 0 Å². The van der Waals surface area contributed by atoms with E-state index in [1.807, 2.05) is 18.5 Å². The molecule has 2 rings (SSSR count). The second kappa shape index (κ2) is 12.6. The zero-order valence-electron chi connectivity index (χ0n) is 17.7. The van der Waals surface area contributed by atoms with E-state index >= 15 is 0 Å². The summed E-state index contributed by atoms with van der Waals surface area (Å²) >= 11 is 0. The van der Waals surface area contributed by atoms with E-state index in [2.05, 4.69) is 27.6 Å². The van der Waals surface area contributed by atoms with Crippen molar-refractivity contribution in [3.05, 3.63) is 47.0 Å². The highest BCUT2D eigenvalue weighted by molar-refractivity contribution is 14.0. The predicted molar refractivity (Wildman–Crippen MR) is 124 cm³/mol. The smallest absolute Gasteiger partial charge is 0.191 e. The van der Waals surface area contributed by atoms with E-state index in [0.29, 0.717) is 31.4 Å². The number of aliphatic imine (C=N–C) groups is 1. The Balaban J connectivity index is 0.00000420. The molecule has 162 valence electrons. The summed E-state index contributed by atoms with van der Waals surface area (Å²) in [6.45, 7) is 8.54. The Bertz CT molecular complexity index is 780. The van der Waals surface area contributed by atoms with E-state index in [9.17, 15) is 4.39 Å². The largest absolute Gasteiger partial charge is 0.489 e. The molecule has 0 radical (unpaired) electrons. The Kier molecular flexibility index (Phi) is 11.0. The molecule has 1 atom stereocenters. The molecule has 2 aromatic rings. The van der Waals surface area contributed by atoms with Gasteiger partial charge in [-0.1, -0.05) is 0 Å². The molecule has 0 aliphatic heterocycles. The summed E-state index contributed by atoms with van der Waals surface area (Å²) in [6.07, 6.45) is -0.107. The van der Waals surface area contributed by atoms with Crippen molar-refractivity contribution in [1.29, 1.82) is 0 Å². The van der Waals surface area contributed by atoms with Crippen molar-refractivity contribution in [2.45, 2.75) is 40.0 Å². The Morgan fingerprint density at radius 2 is 1.93 bits per heavy atom. The summed E-state index contributed by atoms with van der Waals surface area (Å²) in [5.41, 5.74) is 3.25. The number of aryl methyl sites for hydroxylation is 1. The first-order valence-corrected chi connectivity index (χ1v) is 9.33. The first-order chi connectivity index (χ1) is 13.4. The molecule has 0 aliphatic carbocycles. The quantitative estimate of drug-likeness (QED) is 0.303. The van der Waals surface area contributed by atoms with Crippen LogP contribution in [0.2, 0.25) is 0 Å². The maximum Gasteiger partial charge on any atom is 0.191 e. The van der Waals surface area contributed by atoms with Crippen LogP contribution in [0.1, 0.15) is 23.9 Å². The fourth-order valence-electron chi connectivity index (χ4n) is 2.81. The van der Waals surface area contributed by atoms with Gasteiger partial charge in [-0.05, 0) is 45.0 Å². The van der Waals surface area contributed by atoms with Crippen LogP contribution in [0, 0.1) is 19.7 Å². The average Bonchev–Trinajstić information content (AvgIpc) is 2.95. The highest BCUT2D eigenvalue weighted by atomic mass is 127. The summed E-state index contributed by atoms with van der Waals surface area (Å²) < 4.78 is 25.8. The molecule has 0 amide bonds. The van der Waals surface area contributed by atoms with E-state index in [4.69, 9.17) is 9.47 Å². The van der Waals surface area contributed by atoms with Crippen molar-refractivity contribution in [3.63, 3.8) is 0 Å². The lowest BCUT2D eigenvalue weighted by molar-refractivity contribution is 0.182. The van der Waals surface area contributed by atoms with Gasteiger partial charge in [0.25, 0.3) is 0 Å². The first-order valence-electron chi connectivity index (χ1n) is 9.33. The molecule has 1 unspecified atom stereocenters. The fraction of sp³-hybridized carbons (Fsp3) is 0.500. The van der Waals surface area contributed by atoms with Gasteiger partial charge in [-0.3, -0.25) is 9.67 Å². The maximum absolute atomic E-state index is 13.0. The van der Waals surface area contributed by atoms with E-state index in [1.54, 1.807) is 26.3 Å². The van der Waals surface area contributed by atoms with Crippen molar-refractivity contribution in [3.8, 4) is 5.75 Å². The van der Waals surface area contributed by atoms with Gasteiger partial charge in [0.05, 0.1) is 25.4 Å².